The molecular formula is C6H17N5. The molecule has 0 bridgehead atoms. The smallest absolute Gasteiger partial charge is 0.0533 e. The molecule has 1 saturated heterocycles. The number of hydrogen-bond acceptors (Lipinski definition) is 5. The second kappa shape index (κ2) is 4.63. The fraction of sp³-hybridized carbons (Fsp3) is 1.00. The lowest BCUT2D eigenvalue weighted by Crippen LogP contribution is -2.51. The zero-order chi connectivity index (χ0) is 8.10. The van der Waals surface area contributed by atoms with Crippen molar-refractivity contribution in [2.24, 2.45) is 11.5 Å². The molecule has 0 atom stereocenters. The molecule has 0 aromatic rings. The van der Waals surface area contributed by atoms with Crippen LogP contribution in [-0.4, -0.2) is 37.6 Å². The minimum Gasteiger partial charge on any atom is -0.316 e. The Bertz CT molecular complexity index is 99.1. The van der Waals surface area contributed by atoms with Gasteiger partial charge in [0.05, 0.1) is 19.5 Å². The summed E-state index contributed by atoms with van der Waals surface area (Å²) < 4.78 is 0. The maximum atomic E-state index is 5.42. The number of nitrogens with two attached hydrogens (primary N) is 2. The molecule has 6 N–H and O–H groups in total. The quantitative estimate of drug-likeness (QED) is 0.358. The van der Waals surface area contributed by atoms with E-state index >= 15 is 0 Å². The van der Waals surface area contributed by atoms with Crippen molar-refractivity contribution >= 4 is 0 Å². The van der Waals surface area contributed by atoms with Crippen LogP contribution in [0.25, 0.3) is 0 Å². The Hall–Kier alpha value is -0.200. The van der Waals surface area contributed by atoms with E-state index in [2.05, 4.69) is 15.5 Å². The van der Waals surface area contributed by atoms with Crippen molar-refractivity contribution < 1.29 is 0 Å². The minimum atomic E-state index is -0.183. The summed E-state index contributed by atoms with van der Waals surface area (Å²) in [6, 6.07) is 0. The van der Waals surface area contributed by atoms with E-state index < -0.39 is 0 Å². The molecule has 11 heavy (non-hydrogen) atoms. The molecule has 1 heterocycles. The number of hydrogen-bond donors (Lipinski definition) is 4. The van der Waals surface area contributed by atoms with Gasteiger partial charge in [0.25, 0.3) is 0 Å². The van der Waals surface area contributed by atoms with Gasteiger partial charge < -0.3 is 11.5 Å². The molecule has 1 aliphatic rings. The van der Waals surface area contributed by atoms with Gasteiger partial charge in [-0.05, 0) is 6.42 Å². The van der Waals surface area contributed by atoms with E-state index in [1.54, 1.807) is 0 Å². The van der Waals surface area contributed by atoms with Gasteiger partial charge in [-0.3, -0.25) is 15.5 Å². The Kier molecular flexibility index (Phi) is 3.74. The fourth-order valence-corrected chi connectivity index (χ4v) is 1.06. The number of rotatable bonds is 3. The largest absolute Gasteiger partial charge is 0.316 e. The summed E-state index contributed by atoms with van der Waals surface area (Å²) in [6.45, 7) is 3.71. The lowest BCUT2D eigenvalue weighted by Gasteiger charge is -2.28. The third-order valence-corrected chi connectivity index (χ3v) is 1.70. The average Bonchev–Trinajstić information content (AvgIpc) is 2.03. The van der Waals surface area contributed by atoms with Crippen LogP contribution in [0, 0.1) is 0 Å². The molecule has 66 valence electrons. The van der Waals surface area contributed by atoms with Crippen LogP contribution < -0.4 is 22.1 Å². The summed E-state index contributed by atoms with van der Waals surface area (Å²) >= 11 is 0. The van der Waals surface area contributed by atoms with Crippen LogP contribution in [0.1, 0.15) is 6.42 Å². The predicted molar refractivity (Wildman–Crippen MR) is 44.4 cm³/mol. The zero-order valence-electron chi connectivity index (χ0n) is 6.71. The van der Waals surface area contributed by atoms with Gasteiger partial charge in [0.15, 0.2) is 0 Å². The van der Waals surface area contributed by atoms with Gasteiger partial charge >= 0.3 is 0 Å². The van der Waals surface area contributed by atoms with Crippen molar-refractivity contribution in [1.29, 1.82) is 0 Å². The maximum absolute atomic E-state index is 5.42. The van der Waals surface area contributed by atoms with Gasteiger partial charge in [0, 0.05) is 13.2 Å². The van der Waals surface area contributed by atoms with Crippen molar-refractivity contribution in [2.45, 2.75) is 12.6 Å². The van der Waals surface area contributed by atoms with Crippen LogP contribution in [0.5, 0.6) is 0 Å². The third-order valence-electron chi connectivity index (χ3n) is 1.70. The van der Waals surface area contributed by atoms with Gasteiger partial charge in [0.2, 0.25) is 0 Å². The van der Waals surface area contributed by atoms with E-state index in [4.69, 9.17) is 11.5 Å². The molecule has 1 aliphatic heterocycles. The number of nitrogens with zero attached hydrogens (tertiary/aromatic N) is 1. The summed E-state index contributed by atoms with van der Waals surface area (Å²) in [6.07, 6.45) is 0.667. The lowest BCUT2D eigenvalue weighted by atomic mass is 10.3. The van der Waals surface area contributed by atoms with Gasteiger partial charge in [-0.1, -0.05) is 0 Å². The minimum absolute atomic E-state index is 0.183. The topological polar surface area (TPSA) is 79.3 Å². The molecular weight excluding hydrogens is 142 g/mol. The van der Waals surface area contributed by atoms with E-state index in [1.165, 1.54) is 0 Å². The molecule has 0 aliphatic carbocycles. The van der Waals surface area contributed by atoms with E-state index in [0.29, 0.717) is 0 Å². The highest BCUT2D eigenvalue weighted by atomic mass is 15.4. The molecule has 0 saturated carbocycles. The monoisotopic (exact) mass is 159 g/mol. The predicted octanol–water partition coefficient (Wildman–Crippen LogP) is -2.01. The highest BCUT2D eigenvalue weighted by Gasteiger charge is 2.08. The van der Waals surface area contributed by atoms with E-state index in [-0.39, 0.29) is 6.17 Å². The van der Waals surface area contributed by atoms with Gasteiger partial charge in [-0.15, -0.1) is 0 Å². The summed E-state index contributed by atoms with van der Waals surface area (Å²) in [7, 11) is 0. The fourth-order valence-electron chi connectivity index (χ4n) is 1.06. The third kappa shape index (κ3) is 3.64. The Balaban J connectivity index is 2.05. The van der Waals surface area contributed by atoms with Crippen molar-refractivity contribution in [3.63, 3.8) is 0 Å². The van der Waals surface area contributed by atoms with Crippen LogP contribution in [0.4, 0.5) is 0 Å². The van der Waals surface area contributed by atoms with Crippen LogP contribution >= 0.6 is 0 Å². The first-order valence-electron chi connectivity index (χ1n) is 3.94. The highest BCUT2D eigenvalue weighted by molar-refractivity contribution is 4.62. The lowest BCUT2D eigenvalue weighted by molar-refractivity contribution is 0.186. The molecule has 0 radical (unpaired) electrons. The molecule has 5 nitrogen and oxygen atoms in total. The molecule has 1 fully saturated rings. The van der Waals surface area contributed by atoms with Crippen molar-refractivity contribution in [3.8, 4) is 0 Å². The SMILES string of the molecule is NC(N)CCN1CNCNC1. The molecule has 0 amide bonds. The molecule has 0 aromatic heterocycles. The second-order valence-electron chi connectivity index (χ2n) is 2.84. The summed E-state index contributed by atoms with van der Waals surface area (Å²) in [5.74, 6) is 0. The summed E-state index contributed by atoms with van der Waals surface area (Å²) in [5.41, 5.74) is 10.8. The first-order chi connectivity index (χ1) is 5.29. The van der Waals surface area contributed by atoms with E-state index in [9.17, 15) is 0 Å². The second-order valence-corrected chi connectivity index (χ2v) is 2.84. The standard InChI is InChI=1S/C6H17N5/c7-6(8)1-2-11-4-9-3-10-5-11/h6,9-10H,1-5,7-8H2. The Morgan fingerprint density at radius 3 is 2.45 bits per heavy atom. The summed E-state index contributed by atoms with van der Waals surface area (Å²) in [4.78, 5) is 2.23. The van der Waals surface area contributed by atoms with Gasteiger partial charge in [0.1, 0.15) is 0 Å². The van der Waals surface area contributed by atoms with Crippen LogP contribution in [0.15, 0.2) is 0 Å². The van der Waals surface area contributed by atoms with Crippen molar-refractivity contribution in [1.82, 2.24) is 15.5 Å². The zero-order valence-corrected chi connectivity index (χ0v) is 6.71. The first-order valence-corrected chi connectivity index (χ1v) is 3.94. The Morgan fingerprint density at radius 1 is 1.27 bits per heavy atom. The Labute approximate surface area is 67.1 Å². The van der Waals surface area contributed by atoms with Gasteiger partial charge in [-0.25, -0.2) is 0 Å². The van der Waals surface area contributed by atoms with Crippen LogP contribution in [0.3, 0.4) is 0 Å². The van der Waals surface area contributed by atoms with E-state index in [0.717, 1.165) is 33.0 Å². The molecule has 0 aromatic carbocycles. The Morgan fingerprint density at radius 2 is 1.91 bits per heavy atom. The first kappa shape index (κ1) is 8.89. The van der Waals surface area contributed by atoms with Crippen LogP contribution in [0.2, 0.25) is 0 Å². The normalized spacial score (nSPS) is 21.0. The highest BCUT2D eigenvalue weighted by Crippen LogP contribution is 1.90. The average molecular weight is 159 g/mol. The van der Waals surface area contributed by atoms with Crippen molar-refractivity contribution in [3.05, 3.63) is 0 Å². The summed E-state index contributed by atoms with van der Waals surface area (Å²) in [5, 5.41) is 6.38. The number of nitrogens with one attached hydrogen (secondary N) is 2. The van der Waals surface area contributed by atoms with Crippen molar-refractivity contribution in [2.75, 3.05) is 26.6 Å². The van der Waals surface area contributed by atoms with E-state index in [1.807, 2.05) is 0 Å². The molecule has 0 spiro atoms. The molecule has 1 rings (SSSR count). The maximum Gasteiger partial charge on any atom is 0.0533 e. The molecule has 0 unspecified atom stereocenters. The van der Waals surface area contributed by atoms with Gasteiger partial charge in [-0.2, -0.15) is 0 Å². The molecule has 5 heteroatoms. The van der Waals surface area contributed by atoms with Crippen LogP contribution in [-0.2, 0) is 0 Å².